The Morgan fingerprint density at radius 1 is 1.46 bits per heavy atom. The molecule has 0 spiro atoms. The molecule has 1 aromatic rings. The van der Waals surface area contributed by atoms with Crippen LogP contribution < -0.4 is 0 Å². The Morgan fingerprint density at radius 3 is 2.96 bits per heavy atom. The average molecular weight is 333 g/mol. The number of aromatic nitrogens is 1. The molecule has 0 aromatic carbocycles. The number of aliphatic hydroxyl groups excluding tert-OH is 1. The van der Waals surface area contributed by atoms with Gasteiger partial charge in [-0.3, -0.25) is 14.7 Å². The maximum Gasteiger partial charge on any atom is 0.248 e. The number of nitrogens with zero attached hydrogens (tertiary/aromatic N) is 3. The Bertz CT molecular complexity index is 577. The summed E-state index contributed by atoms with van der Waals surface area (Å²) in [6.45, 7) is 6.20. The average Bonchev–Trinajstić information content (AvgIpc) is 2.97. The standard InChI is InChI=1S/C18H27N3O3/c1-14-3-4-16(19-7-14)9-20-6-5-15-8-21(17(23)10-24-2)12-18(15,11-20)13-22/h3-4,7,15,22H,5-6,8-13H2,1-2H3/t15-,18+/m0/s1. The summed E-state index contributed by atoms with van der Waals surface area (Å²) in [6.07, 6.45) is 2.90. The fraction of sp³-hybridized carbons (Fsp3) is 0.667. The van der Waals surface area contributed by atoms with Gasteiger partial charge in [0.1, 0.15) is 6.61 Å². The monoisotopic (exact) mass is 333 g/mol. The number of piperidine rings is 1. The summed E-state index contributed by atoms with van der Waals surface area (Å²) in [5, 5.41) is 10.1. The zero-order valence-corrected chi connectivity index (χ0v) is 14.6. The van der Waals surface area contributed by atoms with Gasteiger partial charge >= 0.3 is 0 Å². The maximum absolute atomic E-state index is 12.1. The summed E-state index contributed by atoms with van der Waals surface area (Å²) < 4.78 is 4.97. The zero-order valence-electron chi connectivity index (χ0n) is 14.6. The molecule has 2 aliphatic heterocycles. The second kappa shape index (κ2) is 7.17. The minimum Gasteiger partial charge on any atom is -0.396 e. The molecular weight excluding hydrogens is 306 g/mol. The summed E-state index contributed by atoms with van der Waals surface area (Å²) in [7, 11) is 1.54. The lowest BCUT2D eigenvalue weighted by Gasteiger charge is -2.42. The van der Waals surface area contributed by atoms with Crippen LogP contribution in [0.5, 0.6) is 0 Å². The van der Waals surface area contributed by atoms with Crippen molar-refractivity contribution in [2.75, 3.05) is 46.5 Å². The van der Waals surface area contributed by atoms with Crippen LogP contribution in [0.25, 0.3) is 0 Å². The summed E-state index contributed by atoms with van der Waals surface area (Å²) in [4.78, 5) is 20.9. The van der Waals surface area contributed by atoms with Crippen molar-refractivity contribution in [1.82, 2.24) is 14.8 Å². The number of fused-ring (bicyclic) bond motifs is 1. The van der Waals surface area contributed by atoms with Crippen molar-refractivity contribution < 1.29 is 14.6 Å². The lowest BCUT2D eigenvalue weighted by atomic mass is 9.74. The second-order valence-corrected chi connectivity index (χ2v) is 7.25. The number of pyridine rings is 1. The molecule has 2 aliphatic rings. The predicted octanol–water partition coefficient (Wildman–Crippen LogP) is 0.679. The number of carbonyl (C=O) groups excluding carboxylic acids is 1. The normalized spacial score (nSPS) is 27.3. The van der Waals surface area contributed by atoms with Gasteiger partial charge in [0.15, 0.2) is 0 Å². The quantitative estimate of drug-likeness (QED) is 0.858. The summed E-state index contributed by atoms with van der Waals surface area (Å²) in [5.74, 6) is 0.386. The molecular formula is C18H27N3O3. The zero-order chi connectivity index (χ0) is 17.2. The van der Waals surface area contributed by atoms with E-state index in [9.17, 15) is 9.90 Å². The third-order valence-corrected chi connectivity index (χ3v) is 5.44. The summed E-state index contributed by atoms with van der Waals surface area (Å²) in [5.41, 5.74) is 2.00. The third-order valence-electron chi connectivity index (χ3n) is 5.44. The number of rotatable bonds is 5. The lowest BCUT2D eigenvalue weighted by Crippen LogP contribution is -2.50. The molecule has 0 saturated carbocycles. The largest absolute Gasteiger partial charge is 0.396 e. The molecule has 2 atom stereocenters. The van der Waals surface area contributed by atoms with Crippen molar-refractivity contribution in [2.45, 2.75) is 19.9 Å². The van der Waals surface area contributed by atoms with Crippen LogP contribution in [-0.4, -0.2) is 72.3 Å². The molecule has 0 radical (unpaired) electrons. The van der Waals surface area contributed by atoms with E-state index in [1.54, 1.807) is 7.11 Å². The van der Waals surface area contributed by atoms with E-state index in [-0.39, 0.29) is 24.5 Å². The number of hydrogen-bond acceptors (Lipinski definition) is 5. The van der Waals surface area contributed by atoms with Gasteiger partial charge in [-0.05, 0) is 37.4 Å². The minimum absolute atomic E-state index is 0.0199. The maximum atomic E-state index is 12.1. The van der Waals surface area contributed by atoms with Crippen molar-refractivity contribution in [3.8, 4) is 0 Å². The van der Waals surface area contributed by atoms with Crippen molar-refractivity contribution in [3.05, 3.63) is 29.6 Å². The van der Waals surface area contributed by atoms with Crippen molar-refractivity contribution in [3.63, 3.8) is 0 Å². The van der Waals surface area contributed by atoms with E-state index in [0.29, 0.717) is 12.5 Å². The van der Waals surface area contributed by atoms with E-state index in [1.165, 1.54) is 0 Å². The predicted molar refractivity (Wildman–Crippen MR) is 90.3 cm³/mol. The highest BCUT2D eigenvalue weighted by atomic mass is 16.5. The molecule has 132 valence electrons. The fourth-order valence-corrected chi connectivity index (χ4v) is 4.06. The number of aliphatic hydroxyl groups is 1. The molecule has 1 aromatic heterocycles. The number of ether oxygens (including phenoxy) is 1. The van der Waals surface area contributed by atoms with Crippen molar-refractivity contribution >= 4 is 5.91 Å². The van der Waals surface area contributed by atoms with Crippen molar-refractivity contribution in [1.29, 1.82) is 0 Å². The Morgan fingerprint density at radius 2 is 2.29 bits per heavy atom. The highest BCUT2D eigenvalue weighted by Gasteiger charge is 2.50. The Hall–Kier alpha value is -1.50. The number of likely N-dealkylation sites (tertiary alicyclic amines) is 2. The van der Waals surface area contributed by atoms with Crippen LogP contribution in [0, 0.1) is 18.3 Å². The van der Waals surface area contributed by atoms with Gasteiger partial charge < -0.3 is 14.7 Å². The SMILES string of the molecule is COCC(=O)N1C[C@@H]2CCN(Cc3ccc(C)cn3)C[C@]2(CO)C1. The number of hydrogen-bond donors (Lipinski definition) is 1. The number of methoxy groups -OCH3 is 1. The molecule has 0 aliphatic carbocycles. The van der Waals surface area contributed by atoms with E-state index >= 15 is 0 Å². The summed E-state index contributed by atoms with van der Waals surface area (Å²) >= 11 is 0. The Balaban J connectivity index is 1.67. The molecule has 6 heteroatoms. The van der Waals surface area contributed by atoms with Crippen LogP contribution in [0.2, 0.25) is 0 Å². The lowest BCUT2D eigenvalue weighted by molar-refractivity contribution is -0.134. The van der Waals surface area contributed by atoms with Gasteiger partial charge in [-0.15, -0.1) is 0 Å². The first-order chi connectivity index (χ1) is 11.6. The fourth-order valence-electron chi connectivity index (χ4n) is 4.06. The van der Waals surface area contributed by atoms with Gasteiger partial charge in [-0.1, -0.05) is 6.07 Å². The van der Waals surface area contributed by atoms with Crippen LogP contribution in [-0.2, 0) is 16.1 Å². The molecule has 3 heterocycles. The molecule has 3 rings (SSSR count). The molecule has 24 heavy (non-hydrogen) atoms. The molecule has 2 fully saturated rings. The number of amides is 1. The molecule has 2 saturated heterocycles. The molecule has 6 nitrogen and oxygen atoms in total. The second-order valence-electron chi connectivity index (χ2n) is 7.25. The number of carbonyl (C=O) groups is 1. The first-order valence-corrected chi connectivity index (χ1v) is 8.58. The van der Waals surface area contributed by atoms with Crippen LogP contribution in [0.15, 0.2) is 18.3 Å². The third kappa shape index (κ3) is 3.45. The van der Waals surface area contributed by atoms with Crippen molar-refractivity contribution in [2.24, 2.45) is 11.3 Å². The van der Waals surface area contributed by atoms with E-state index in [2.05, 4.69) is 22.0 Å². The van der Waals surface area contributed by atoms with E-state index in [0.717, 1.165) is 43.9 Å². The highest BCUT2D eigenvalue weighted by Crippen LogP contribution is 2.42. The molecule has 1 N–H and O–H groups in total. The minimum atomic E-state index is -0.216. The van der Waals surface area contributed by atoms with Gasteiger partial charge in [-0.2, -0.15) is 0 Å². The van der Waals surface area contributed by atoms with Crippen LogP contribution in [0.1, 0.15) is 17.7 Å². The van der Waals surface area contributed by atoms with Gasteiger partial charge in [0.05, 0.1) is 12.3 Å². The summed E-state index contributed by atoms with van der Waals surface area (Å²) in [6, 6.07) is 4.15. The van der Waals surface area contributed by atoms with Crippen LogP contribution in [0.3, 0.4) is 0 Å². The molecule has 0 bridgehead atoms. The Kier molecular flexibility index (Phi) is 5.18. The van der Waals surface area contributed by atoms with Crippen LogP contribution in [0.4, 0.5) is 0 Å². The molecule has 0 unspecified atom stereocenters. The first kappa shape index (κ1) is 17.3. The first-order valence-electron chi connectivity index (χ1n) is 8.58. The van der Waals surface area contributed by atoms with Crippen LogP contribution >= 0.6 is 0 Å². The van der Waals surface area contributed by atoms with E-state index in [4.69, 9.17) is 4.74 Å². The van der Waals surface area contributed by atoms with E-state index < -0.39 is 0 Å². The van der Waals surface area contributed by atoms with Gasteiger partial charge in [-0.25, -0.2) is 0 Å². The van der Waals surface area contributed by atoms with Gasteiger partial charge in [0, 0.05) is 44.9 Å². The number of aryl methyl sites for hydroxylation is 1. The van der Waals surface area contributed by atoms with Gasteiger partial charge in [0.25, 0.3) is 0 Å². The topological polar surface area (TPSA) is 65.9 Å². The smallest absolute Gasteiger partial charge is 0.248 e. The van der Waals surface area contributed by atoms with Gasteiger partial charge in [0.2, 0.25) is 5.91 Å². The molecule has 1 amide bonds. The van der Waals surface area contributed by atoms with E-state index in [1.807, 2.05) is 18.0 Å². The highest BCUT2D eigenvalue weighted by molar-refractivity contribution is 5.77. The Labute approximate surface area is 143 Å².